The van der Waals surface area contributed by atoms with Gasteiger partial charge < -0.3 is 14.8 Å². The lowest BCUT2D eigenvalue weighted by Crippen LogP contribution is -2.44. The van der Waals surface area contributed by atoms with Crippen LogP contribution in [-0.4, -0.2) is 40.7 Å². The van der Waals surface area contributed by atoms with E-state index in [-0.39, 0.29) is 17.7 Å². The molecule has 6 nitrogen and oxygen atoms in total. The van der Waals surface area contributed by atoms with Gasteiger partial charge in [-0.2, -0.15) is 5.10 Å². The zero-order valence-corrected chi connectivity index (χ0v) is 12.7. The normalized spacial score (nSPS) is 21.8. The number of nitrogens with zero attached hydrogens (tertiary/aromatic N) is 2. The van der Waals surface area contributed by atoms with Crippen LogP contribution in [0.1, 0.15) is 48.8 Å². The van der Waals surface area contributed by atoms with Crippen molar-refractivity contribution in [2.45, 2.75) is 50.9 Å². The van der Waals surface area contributed by atoms with Gasteiger partial charge in [0.1, 0.15) is 5.69 Å². The van der Waals surface area contributed by atoms with Crippen molar-refractivity contribution in [3.8, 4) is 0 Å². The lowest BCUT2D eigenvalue weighted by molar-refractivity contribution is -0.179. The highest BCUT2D eigenvalue weighted by molar-refractivity contribution is 5.92. The SMILES string of the molecule is CCc1cc(C(=O)NC2CCC3(CC2)OCCO3)n(C)n1. The van der Waals surface area contributed by atoms with E-state index in [0.717, 1.165) is 37.8 Å². The van der Waals surface area contributed by atoms with Crippen molar-refractivity contribution in [1.82, 2.24) is 15.1 Å². The molecule has 2 heterocycles. The van der Waals surface area contributed by atoms with E-state index in [2.05, 4.69) is 10.4 Å². The van der Waals surface area contributed by atoms with Crippen LogP contribution in [0.4, 0.5) is 0 Å². The Morgan fingerprint density at radius 1 is 1.43 bits per heavy atom. The first-order valence-electron chi connectivity index (χ1n) is 7.73. The molecule has 1 spiro atoms. The summed E-state index contributed by atoms with van der Waals surface area (Å²) in [5, 5.41) is 7.43. The number of carbonyl (C=O) groups is 1. The number of hydrogen-bond donors (Lipinski definition) is 1. The molecule has 0 aromatic carbocycles. The van der Waals surface area contributed by atoms with Crippen molar-refractivity contribution in [3.05, 3.63) is 17.5 Å². The van der Waals surface area contributed by atoms with E-state index in [4.69, 9.17) is 9.47 Å². The van der Waals surface area contributed by atoms with Gasteiger partial charge in [0.25, 0.3) is 5.91 Å². The average molecular weight is 293 g/mol. The summed E-state index contributed by atoms with van der Waals surface area (Å²) < 4.78 is 13.1. The highest BCUT2D eigenvalue weighted by Gasteiger charge is 2.40. The Morgan fingerprint density at radius 3 is 2.67 bits per heavy atom. The Hall–Kier alpha value is -1.40. The highest BCUT2D eigenvalue weighted by Crippen LogP contribution is 2.35. The molecular weight excluding hydrogens is 270 g/mol. The van der Waals surface area contributed by atoms with Crippen LogP contribution in [0.5, 0.6) is 0 Å². The number of carbonyl (C=O) groups excluding carboxylic acids is 1. The van der Waals surface area contributed by atoms with E-state index in [1.807, 2.05) is 20.0 Å². The Balaban J connectivity index is 1.57. The van der Waals surface area contributed by atoms with Gasteiger partial charge in [0.2, 0.25) is 0 Å². The third-order valence-electron chi connectivity index (χ3n) is 4.42. The molecule has 1 aromatic heterocycles. The Bertz CT molecular complexity index is 510. The summed E-state index contributed by atoms with van der Waals surface area (Å²) in [4.78, 5) is 12.3. The van der Waals surface area contributed by atoms with Gasteiger partial charge in [-0.15, -0.1) is 0 Å². The fraction of sp³-hybridized carbons (Fsp3) is 0.733. The largest absolute Gasteiger partial charge is 0.348 e. The van der Waals surface area contributed by atoms with E-state index in [0.29, 0.717) is 18.9 Å². The minimum atomic E-state index is -0.372. The maximum absolute atomic E-state index is 12.3. The van der Waals surface area contributed by atoms with Gasteiger partial charge in [0.15, 0.2) is 5.79 Å². The summed E-state index contributed by atoms with van der Waals surface area (Å²) in [5.74, 6) is -0.415. The number of nitrogens with one attached hydrogen (secondary N) is 1. The average Bonchev–Trinajstić information content (AvgIpc) is 3.09. The topological polar surface area (TPSA) is 65.4 Å². The van der Waals surface area contributed by atoms with Crippen molar-refractivity contribution >= 4 is 5.91 Å². The molecule has 0 unspecified atom stereocenters. The summed E-state index contributed by atoms with van der Waals surface area (Å²) >= 11 is 0. The molecule has 1 aliphatic carbocycles. The summed E-state index contributed by atoms with van der Waals surface area (Å²) in [7, 11) is 1.81. The van der Waals surface area contributed by atoms with Gasteiger partial charge in [0.05, 0.1) is 18.9 Å². The lowest BCUT2D eigenvalue weighted by atomic mass is 9.90. The van der Waals surface area contributed by atoms with Crippen LogP contribution in [-0.2, 0) is 22.9 Å². The van der Waals surface area contributed by atoms with Crippen LogP contribution in [0.15, 0.2) is 6.07 Å². The fourth-order valence-electron chi connectivity index (χ4n) is 3.16. The van der Waals surface area contributed by atoms with Crippen molar-refractivity contribution in [2.24, 2.45) is 7.05 Å². The van der Waals surface area contributed by atoms with Crippen molar-refractivity contribution in [1.29, 1.82) is 0 Å². The van der Waals surface area contributed by atoms with E-state index in [1.54, 1.807) is 4.68 Å². The predicted molar refractivity (Wildman–Crippen MR) is 76.9 cm³/mol. The molecule has 21 heavy (non-hydrogen) atoms. The molecule has 116 valence electrons. The van der Waals surface area contributed by atoms with Gasteiger partial charge >= 0.3 is 0 Å². The van der Waals surface area contributed by atoms with Gasteiger partial charge in [-0.05, 0) is 25.3 Å². The van der Waals surface area contributed by atoms with Crippen LogP contribution in [0, 0.1) is 0 Å². The molecule has 1 saturated carbocycles. The molecular formula is C15H23N3O3. The highest BCUT2D eigenvalue weighted by atomic mass is 16.7. The lowest BCUT2D eigenvalue weighted by Gasteiger charge is -2.35. The standard InChI is InChI=1S/C15H23N3O3/c1-3-11-10-13(18(2)17-11)14(19)16-12-4-6-15(7-5-12)20-8-9-21-15/h10,12H,3-9H2,1-2H3,(H,16,19). The van der Waals surface area contributed by atoms with Gasteiger partial charge in [-0.25, -0.2) is 0 Å². The molecule has 1 N–H and O–H groups in total. The molecule has 2 aliphatic rings. The van der Waals surface area contributed by atoms with Crippen LogP contribution >= 0.6 is 0 Å². The fourth-order valence-corrected chi connectivity index (χ4v) is 3.16. The number of rotatable bonds is 3. The summed E-state index contributed by atoms with van der Waals surface area (Å²) in [5.41, 5.74) is 1.57. The molecule has 1 aromatic rings. The van der Waals surface area contributed by atoms with Crippen LogP contribution < -0.4 is 5.32 Å². The molecule has 1 saturated heterocycles. The van der Waals surface area contributed by atoms with Crippen molar-refractivity contribution in [2.75, 3.05) is 13.2 Å². The van der Waals surface area contributed by atoms with Crippen LogP contribution in [0.25, 0.3) is 0 Å². The first-order valence-corrected chi connectivity index (χ1v) is 7.73. The number of aromatic nitrogens is 2. The number of amides is 1. The Morgan fingerprint density at radius 2 is 2.10 bits per heavy atom. The Labute approximate surface area is 124 Å². The van der Waals surface area contributed by atoms with Crippen molar-refractivity contribution < 1.29 is 14.3 Å². The second kappa shape index (κ2) is 5.77. The first-order chi connectivity index (χ1) is 10.1. The molecule has 0 radical (unpaired) electrons. The molecule has 1 amide bonds. The summed E-state index contributed by atoms with van der Waals surface area (Å²) in [6.07, 6.45) is 4.32. The van der Waals surface area contributed by atoms with Gasteiger partial charge in [0, 0.05) is 25.9 Å². The van der Waals surface area contributed by atoms with E-state index >= 15 is 0 Å². The predicted octanol–water partition coefficient (Wildman–Crippen LogP) is 1.40. The molecule has 6 heteroatoms. The van der Waals surface area contributed by atoms with E-state index < -0.39 is 0 Å². The smallest absolute Gasteiger partial charge is 0.269 e. The number of aryl methyl sites for hydroxylation is 2. The maximum atomic E-state index is 12.3. The molecule has 1 aliphatic heterocycles. The van der Waals surface area contributed by atoms with Gasteiger partial charge in [-0.1, -0.05) is 6.92 Å². The first kappa shape index (κ1) is 14.5. The van der Waals surface area contributed by atoms with Crippen LogP contribution in [0.2, 0.25) is 0 Å². The zero-order chi connectivity index (χ0) is 14.9. The molecule has 0 atom stereocenters. The minimum absolute atomic E-state index is 0.0427. The minimum Gasteiger partial charge on any atom is -0.348 e. The van der Waals surface area contributed by atoms with Gasteiger partial charge in [-0.3, -0.25) is 9.48 Å². The maximum Gasteiger partial charge on any atom is 0.269 e. The molecule has 3 rings (SSSR count). The molecule has 0 bridgehead atoms. The Kier molecular flexibility index (Phi) is 3.99. The van der Waals surface area contributed by atoms with Crippen LogP contribution in [0.3, 0.4) is 0 Å². The molecule has 2 fully saturated rings. The number of hydrogen-bond acceptors (Lipinski definition) is 4. The summed E-state index contributed by atoms with van der Waals surface area (Å²) in [6.45, 7) is 3.41. The number of ether oxygens (including phenoxy) is 2. The zero-order valence-electron chi connectivity index (χ0n) is 12.7. The van der Waals surface area contributed by atoms with Crippen molar-refractivity contribution in [3.63, 3.8) is 0 Å². The van der Waals surface area contributed by atoms with E-state index in [9.17, 15) is 4.79 Å². The monoisotopic (exact) mass is 293 g/mol. The third kappa shape index (κ3) is 2.96. The second-order valence-electron chi connectivity index (χ2n) is 5.85. The van der Waals surface area contributed by atoms with E-state index in [1.165, 1.54) is 0 Å². The second-order valence-corrected chi connectivity index (χ2v) is 5.85. The third-order valence-corrected chi connectivity index (χ3v) is 4.42. The quantitative estimate of drug-likeness (QED) is 0.915. The summed E-state index contributed by atoms with van der Waals surface area (Å²) in [6, 6.07) is 2.05.